The quantitative estimate of drug-likeness (QED) is 0.637. The van der Waals surface area contributed by atoms with Gasteiger partial charge in [0.2, 0.25) is 0 Å². The first-order chi connectivity index (χ1) is 9.93. The lowest BCUT2D eigenvalue weighted by atomic mass is 9.76. The van der Waals surface area contributed by atoms with Crippen molar-refractivity contribution in [3.05, 3.63) is 41.5 Å². The van der Waals surface area contributed by atoms with Crippen LogP contribution in [-0.2, 0) is 0 Å². The summed E-state index contributed by atoms with van der Waals surface area (Å²) in [6, 6.07) is 5.47. The fourth-order valence-electron chi connectivity index (χ4n) is 2.45. The van der Waals surface area contributed by atoms with Gasteiger partial charge in [0.25, 0.3) is 0 Å². The van der Waals surface area contributed by atoms with Crippen LogP contribution in [0.3, 0.4) is 0 Å². The van der Waals surface area contributed by atoms with Crippen molar-refractivity contribution in [3.63, 3.8) is 0 Å². The van der Waals surface area contributed by atoms with Gasteiger partial charge in [0.15, 0.2) is 0 Å². The fourth-order valence-corrected chi connectivity index (χ4v) is 2.45. The topological polar surface area (TPSA) is 0 Å². The van der Waals surface area contributed by atoms with Gasteiger partial charge >= 0.3 is 23.7 Å². The zero-order valence-corrected chi connectivity index (χ0v) is 11.1. The van der Waals surface area contributed by atoms with Crippen LogP contribution in [0.4, 0.5) is 35.1 Å². The molecule has 0 aromatic heterocycles. The minimum Gasteiger partial charge on any atom is -0.194 e. The van der Waals surface area contributed by atoms with Crippen LogP contribution >= 0.6 is 0 Å². The lowest BCUT2D eigenvalue weighted by Crippen LogP contribution is -2.66. The number of alkyl halides is 8. The molecule has 0 radical (unpaired) electrons. The van der Waals surface area contributed by atoms with E-state index in [4.69, 9.17) is 0 Å². The Balaban J connectivity index is 2.90. The molecule has 0 nitrogen and oxygen atoms in total. The fraction of sp³-hybridized carbons (Fsp3) is 0.429. The van der Waals surface area contributed by atoms with E-state index in [1.54, 1.807) is 0 Å². The molecular formula is C14H10F8. The van der Waals surface area contributed by atoms with Crippen molar-refractivity contribution in [1.82, 2.24) is 0 Å². The molecule has 0 heterocycles. The third kappa shape index (κ3) is 1.82. The van der Waals surface area contributed by atoms with Crippen molar-refractivity contribution >= 4 is 5.57 Å². The SMILES string of the molecule is CCC1=C(c2ccccc2)C(F)(F)C(F)(F)C(F)(F)C1(F)F. The molecule has 1 aliphatic rings. The molecule has 0 saturated heterocycles. The summed E-state index contributed by atoms with van der Waals surface area (Å²) in [5.41, 5.74) is -4.06. The van der Waals surface area contributed by atoms with Crippen LogP contribution in [0.2, 0.25) is 0 Å². The van der Waals surface area contributed by atoms with Crippen molar-refractivity contribution in [1.29, 1.82) is 0 Å². The van der Waals surface area contributed by atoms with Crippen LogP contribution in [-0.4, -0.2) is 23.7 Å². The summed E-state index contributed by atoms with van der Waals surface area (Å²) in [4.78, 5) is 0. The number of halogens is 8. The standard InChI is InChI=1S/C14H10F8/c1-2-9-10(8-6-4-3-5-7-8)12(17,18)14(21,22)13(19,20)11(9,15)16/h3-7H,2H2,1H3. The van der Waals surface area contributed by atoms with Gasteiger partial charge in [-0.15, -0.1) is 0 Å². The van der Waals surface area contributed by atoms with Crippen molar-refractivity contribution in [2.45, 2.75) is 37.0 Å². The van der Waals surface area contributed by atoms with Gasteiger partial charge in [0.05, 0.1) is 0 Å². The largest absolute Gasteiger partial charge is 0.382 e. The highest BCUT2D eigenvalue weighted by molar-refractivity contribution is 5.78. The summed E-state index contributed by atoms with van der Waals surface area (Å²) >= 11 is 0. The predicted molar refractivity (Wildman–Crippen MR) is 63.4 cm³/mol. The number of allylic oxidation sites excluding steroid dienone is 2. The Morgan fingerprint density at radius 1 is 0.727 bits per heavy atom. The first-order valence-electron chi connectivity index (χ1n) is 6.23. The highest BCUT2D eigenvalue weighted by atomic mass is 19.4. The Kier molecular flexibility index (Phi) is 3.58. The van der Waals surface area contributed by atoms with Crippen LogP contribution in [0.15, 0.2) is 35.9 Å². The van der Waals surface area contributed by atoms with Crippen LogP contribution in [0, 0.1) is 0 Å². The summed E-state index contributed by atoms with van der Waals surface area (Å²) in [6.07, 6.45) is -0.918. The van der Waals surface area contributed by atoms with Crippen LogP contribution in [0.1, 0.15) is 18.9 Å². The molecule has 1 aromatic rings. The molecule has 0 saturated carbocycles. The Morgan fingerprint density at radius 3 is 1.64 bits per heavy atom. The molecule has 122 valence electrons. The molecule has 0 unspecified atom stereocenters. The van der Waals surface area contributed by atoms with E-state index in [1.807, 2.05) is 0 Å². The van der Waals surface area contributed by atoms with Crippen LogP contribution < -0.4 is 0 Å². The minimum atomic E-state index is -6.21. The number of benzene rings is 1. The maximum absolute atomic E-state index is 14.0. The summed E-state index contributed by atoms with van der Waals surface area (Å²) in [5.74, 6) is -23.2. The van der Waals surface area contributed by atoms with E-state index in [1.165, 1.54) is 6.07 Å². The summed E-state index contributed by atoms with van der Waals surface area (Å²) in [7, 11) is 0. The Bertz CT molecular complexity index is 601. The lowest BCUT2D eigenvalue weighted by molar-refractivity contribution is -0.352. The lowest BCUT2D eigenvalue weighted by Gasteiger charge is -2.44. The molecule has 2 rings (SSSR count). The van der Waals surface area contributed by atoms with E-state index in [-0.39, 0.29) is 0 Å². The molecule has 0 fully saturated rings. The monoisotopic (exact) mass is 330 g/mol. The second-order valence-electron chi connectivity index (χ2n) is 4.87. The number of hydrogen-bond acceptors (Lipinski definition) is 0. The third-order valence-electron chi connectivity index (χ3n) is 3.59. The second kappa shape index (κ2) is 4.70. The highest BCUT2D eigenvalue weighted by Crippen LogP contribution is 2.64. The normalized spacial score (nSPS) is 25.1. The minimum absolute atomic E-state index is 0.640. The summed E-state index contributed by atoms with van der Waals surface area (Å²) in [5, 5.41) is 0. The van der Waals surface area contributed by atoms with Gasteiger partial charge in [-0.1, -0.05) is 37.3 Å². The Hall–Kier alpha value is -1.60. The average Bonchev–Trinajstić information content (AvgIpc) is 2.43. The average molecular weight is 330 g/mol. The van der Waals surface area contributed by atoms with Crippen molar-refractivity contribution < 1.29 is 35.1 Å². The van der Waals surface area contributed by atoms with Gasteiger partial charge < -0.3 is 0 Å². The van der Waals surface area contributed by atoms with Gasteiger partial charge in [-0.05, 0) is 12.0 Å². The van der Waals surface area contributed by atoms with E-state index < -0.39 is 46.8 Å². The molecule has 0 bridgehead atoms. The molecular weight excluding hydrogens is 320 g/mol. The molecule has 1 aromatic carbocycles. The van der Waals surface area contributed by atoms with Gasteiger partial charge in [-0.3, -0.25) is 0 Å². The maximum atomic E-state index is 14.0. The molecule has 0 aliphatic heterocycles. The molecule has 0 spiro atoms. The van der Waals surface area contributed by atoms with E-state index in [2.05, 4.69) is 0 Å². The Morgan fingerprint density at radius 2 is 1.18 bits per heavy atom. The van der Waals surface area contributed by atoms with Gasteiger partial charge in [-0.2, -0.15) is 35.1 Å². The van der Waals surface area contributed by atoms with Crippen LogP contribution in [0.5, 0.6) is 0 Å². The first kappa shape index (κ1) is 16.8. The molecule has 8 heteroatoms. The summed E-state index contributed by atoms with van der Waals surface area (Å²) < 4.78 is 109. The van der Waals surface area contributed by atoms with Crippen molar-refractivity contribution in [2.75, 3.05) is 0 Å². The van der Waals surface area contributed by atoms with E-state index in [0.717, 1.165) is 31.2 Å². The third-order valence-corrected chi connectivity index (χ3v) is 3.59. The van der Waals surface area contributed by atoms with E-state index >= 15 is 0 Å². The molecule has 0 atom stereocenters. The van der Waals surface area contributed by atoms with Crippen LogP contribution in [0.25, 0.3) is 5.57 Å². The predicted octanol–water partition coefficient (Wildman–Crippen LogP) is 5.41. The smallest absolute Gasteiger partial charge is 0.194 e. The number of rotatable bonds is 2. The highest BCUT2D eigenvalue weighted by Gasteiger charge is 2.85. The molecule has 22 heavy (non-hydrogen) atoms. The molecule has 1 aliphatic carbocycles. The van der Waals surface area contributed by atoms with Crippen molar-refractivity contribution in [2.24, 2.45) is 0 Å². The van der Waals surface area contributed by atoms with Gasteiger partial charge in [-0.25, -0.2) is 0 Å². The van der Waals surface area contributed by atoms with E-state index in [9.17, 15) is 35.1 Å². The molecule has 0 N–H and O–H groups in total. The van der Waals surface area contributed by atoms with E-state index in [0.29, 0.717) is 0 Å². The summed E-state index contributed by atoms with van der Waals surface area (Å²) in [6.45, 7) is 0.932. The first-order valence-corrected chi connectivity index (χ1v) is 6.23. The maximum Gasteiger partial charge on any atom is 0.382 e. The second-order valence-corrected chi connectivity index (χ2v) is 4.87. The van der Waals surface area contributed by atoms with Crippen molar-refractivity contribution in [3.8, 4) is 0 Å². The van der Waals surface area contributed by atoms with Gasteiger partial charge in [0, 0.05) is 11.1 Å². The zero-order chi connectivity index (χ0) is 17.0. The molecule has 0 amide bonds. The zero-order valence-electron chi connectivity index (χ0n) is 11.1. The Labute approximate surface area is 120 Å². The number of hydrogen-bond donors (Lipinski definition) is 0. The van der Waals surface area contributed by atoms with Gasteiger partial charge in [0.1, 0.15) is 0 Å².